The van der Waals surface area contributed by atoms with Gasteiger partial charge in [-0.15, -0.1) is 11.8 Å². The van der Waals surface area contributed by atoms with E-state index in [0.29, 0.717) is 24.5 Å². The Morgan fingerprint density at radius 3 is 2.90 bits per heavy atom. The van der Waals surface area contributed by atoms with Gasteiger partial charge in [-0.25, -0.2) is 12.7 Å². The van der Waals surface area contributed by atoms with Gasteiger partial charge in [-0.05, 0) is 37.5 Å². The molecule has 1 heterocycles. The molecular formula is C14H22N2O3S2. The molecule has 0 saturated carbocycles. The van der Waals surface area contributed by atoms with Crippen LogP contribution in [0.5, 0.6) is 0 Å². The summed E-state index contributed by atoms with van der Waals surface area (Å²) in [5.74, 6) is 0.669. The zero-order valence-corrected chi connectivity index (χ0v) is 13.7. The van der Waals surface area contributed by atoms with Crippen LogP contribution in [0, 0.1) is 5.92 Å². The molecule has 0 aliphatic carbocycles. The molecule has 21 heavy (non-hydrogen) atoms. The number of nitrogen functional groups attached to an aromatic ring is 1. The molecule has 0 bridgehead atoms. The number of thioether (sulfide) groups is 1. The van der Waals surface area contributed by atoms with Crippen LogP contribution in [0.3, 0.4) is 0 Å². The van der Waals surface area contributed by atoms with E-state index in [1.165, 1.54) is 16.1 Å². The van der Waals surface area contributed by atoms with Gasteiger partial charge in [-0.2, -0.15) is 0 Å². The smallest absolute Gasteiger partial charge is 0.214 e. The van der Waals surface area contributed by atoms with E-state index < -0.39 is 16.1 Å². The number of rotatable bonds is 6. The summed E-state index contributed by atoms with van der Waals surface area (Å²) in [6.45, 7) is 2.67. The lowest BCUT2D eigenvalue weighted by Crippen LogP contribution is -2.33. The van der Waals surface area contributed by atoms with Crippen molar-refractivity contribution in [2.75, 3.05) is 30.3 Å². The molecule has 2 atom stereocenters. The summed E-state index contributed by atoms with van der Waals surface area (Å²) < 4.78 is 26.0. The van der Waals surface area contributed by atoms with Gasteiger partial charge < -0.3 is 10.8 Å². The van der Waals surface area contributed by atoms with E-state index in [1.807, 2.05) is 18.2 Å². The molecule has 118 valence electrons. The first-order valence-electron chi connectivity index (χ1n) is 7.03. The van der Waals surface area contributed by atoms with Crippen molar-refractivity contribution >= 4 is 27.5 Å². The Morgan fingerprint density at radius 2 is 2.29 bits per heavy atom. The molecule has 5 nitrogen and oxygen atoms in total. The zero-order chi connectivity index (χ0) is 15.5. The first kappa shape index (κ1) is 16.6. The summed E-state index contributed by atoms with van der Waals surface area (Å²) in [5, 5.41) is 9.55. The van der Waals surface area contributed by atoms with Gasteiger partial charge in [0.05, 0.1) is 11.9 Å². The minimum Gasteiger partial charge on any atom is -0.399 e. The predicted molar refractivity (Wildman–Crippen MR) is 86.7 cm³/mol. The number of nitrogens with zero attached hydrogens (tertiary/aromatic N) is 1. The zero-order valence-electron chi connectivity index (χ0n) is 12.1. The van der Waals surface area contributed by atoms with E-state index >= 15 is 0 Å². The summed E-state index contributed by atoms with van der Waals surface area (Å²) in [4.78, 5) is 0.980. The van der Waals surface area contributed by atoms with Crippen molar-refractivity contribution in [3.05, 3.63) is 24.3 Å². The van der Waals surface area contributed by atoms with Gasteiger partial charge >= 0.3 is 0 Å². The molecule has 1 aliphatic rings. The maximum Gasteiger partial charge on any atom is 0.214 e. The maximum atomic E-state index is 12.3. The third-order valence-electron chi connectivity index (χ3n) is 3.73. The SMILES string of the molecule is CC(O)C1CCN(S(=O)(=O)CCSc2cccc(N)c2)C1. The van der Waals surface area contributed by atoms with Gasteiger partial charge in [0, 0.05) is 29.4 Å². The van der Waals surface area contributed by atoms with Crippen LogP contribution in [0.1, 0.15) is 13.3 Å². The molecule has 0 spiro atoms. The van der Waals surface area contributed by atoms with Crippen LogP contribution in [0.25, 0.3) is 0 Å². The molecule has 1 saturated heterocycles. The van der Waals surface area contributed by atoms with Crippen LogP contribution < -0.4 is 5.73 Å². The summed E-state index contributed by atoms with van der Waals surface area (Å²) in [6, 6.07) is 7.44. The molecule has 0 radical (unpaired) electrons. The first-order chi connectivity index (χ1) is 9.88. The number of aliphatic hydroxyl groups is 1. The molecule has 0 aromatic heterocycles. The van der Waals surface area contributed by atoms with E-state index in [1.54, 1.807) is 13.0 Å². The fourth-order valence-electron chi connectivity index (χ4n) is 2.40. The van der Waals surface area contributed by atoms with E-state index in [4.69, 9.17) is 5.73 Å². The molecule has 0 amide bonds. The van der Waals surface area contributed by atoms with Crippen molar-refractivity contribution in [1.29, 1.82) is 0 Å². The van der Waals surface area contributed by atoms with Gasteiger partial charge in [0.15, 0.2) is 0 Å². The van der Waals surface area contributed by atoms with Gasteiger partial charge in [0.1, 0.15) is 0 Å². The Hall–Kier alpha value is -0.760. The molecule has 1 aromatic carbocycles. The highest BCUT2D eigenvalue weighted by Crippen LogP contribution is 2.24. The van der Waals surface area contributed by atoms with Gasteiger partial charge in [0.2, 0.25) is 10.0 Å². The highest BCUT2D eigenvalue weighted by Gasteiger charge is 2.32. The van der Waals surface area contributed by atoms with Crippen molar-refractivity contribution in [2.24, 2.45) is 5.92 Å². The molecule has 7 heteroatoms. The van der Waals surface area contributed by atoms with E-state index in [0.717, 1.165) is 11.3 Å². The molecule has 3 N–H and O–H groups in total. The third-order valence-corrected chi connectivity index (χ3v) is 6.82. The molecule has 2 rings (SSSR count). The average Bonchev–Trinajstić information content (AvgIpc) is 2.89. The van der Waals surface area contributed by atoms with Crippen LogP contribution in [0.4, 0.5) is 5.69 Å². The monoisotopic (exact) mass is 330 g/mol. The number of aliphatic hydroxyl groups excluding tert-OH is 1. The number of hydrogen-bond donors (Lipinski definition) is 2. The molecule has 1 aliphatic heterocycles. The lowest BCUT2D eigenvalue weighted by atomic mass is 10.0. The Kier molecular flexibility index (Phi) is 5.54. The quantitative estimate of drug-likeness (QED) is 0.608. The van der Waals surface area contributed by atoms with Gasteiger partial charge in [-0.3, -0.25) is 0 Å². The molecular weight excluding hydrogens is 308 g/mol. The van der Waals surface area contributed by atoms with Crippen molar-refractivity contribution in [3.8, 4) is 0 Å². The van der Waals surface area contributed by atoms with Crippen LogP contribution in [0.2, 0.25) is 0 Å². The normalized spacial score (nSPS) is 21.5. The average molecular weight is 330 g/mol. The minimum atomic E-state index is -3.24. The van der Waals surface area contributed by atoms with E-state index in [-0.39, 0.29) is 11.7 Å². The fraction of sp³-hybridized carbons (Fsp3) is 0.571. The maximum absolute atomic E-state index is 12.3. The second-order valence-electron chi connectivity index (χ2n) is 5.38. The predicted octanol–water partition coefficient (Wildman–Crippen LogP) is 1.39. The van der Waals surface area contributed by atoms with Gasteiger partial charge in [-0.1, -0.05) is 6.07 Å². The van der Waals surface area contributed by atoms with Crippen molar-refractivity contribution in [3.63, 3.8) is 0 Å². The van der Waals surface area contributed by atoms with Crippen LogP contribution in [-0.4, -0.2) is 48.5 Å². The highest BCUT2D eigenvalue weighted by molar-refractivity contribution is 8.00. The summed E-state index contributed by atoms with van der Waals surface area (Å²) in [5.41, 5.74) is 6.38. The second-order valence-corrected chi connectivity index (χ2v) is 8.64. The van der Waals surface area contributed by atoms with Crippen molar-refractivity contribution in [2.45, 2.75) is 24.3 Å². The number of benzene rings is 1. The topological polar surface area (TPSA) is 83.6 Å². The molecule has 1 fully saturated rings. The summed E-state index contributed by atoms with van der Waals surface area (Å²) in [6.07, 6.45) is 0.283. The molecule has 1 aromatic rings. The van der Waals surface area contributed by atoms with E-state index in [9.17, 15) is 13.5 Å². The Bertz CT molecular complexity index is 575. The Morgan fingerprint density at radius 1 is 1.52 bits per heavy atom. The highest BCUT2D eigenvalue weighted by atomic mass is 32.2. The summed E-state index contributed by atoms with van der Waals surface area (Å²) >= 11 is 1.49. The standard InChI is InChI=1S/C14H22N2O3S2/c1-11(17)12-5-6-16(10-12)21(18,19)8-7-20-14-4-2-3-13(15)9-14/h2-4,9,11-12,17H,5-8,10,15H2,1H3. The number of anilines is 1. The van der Waals surface area contributed by atoms with Crippen molar-refractivity contribution < 1.29 is 13.5 Å². The number of hydrogen-bond acceptors (Lipinski definition) is 5. The van der Waals surface area contributed by atoms with Crippen LogP contribution in [0.15, 0.2) is 29.2 Å². The van der Waals surface area contributed by atoms with Gasteiger partial charge in [0.25, 0.3) is 0 Å². The fourth-order valence-corrected chi connectivity index (χ4v) is 5.26. The Balaban J connectivity index is 1.85. The number of nitrogens with two attached hydrogens (primary N) is 1. The first-order valence-corrected chi connectivity index (χ1v) is 9.62. The number of sulfonamides is 1. The summed E-state index contributed by atoms with van der Waals surface area (Å²) in [7, 11) is -3.24. The minimum absolute atomic E-state index is 0.0568. The Labute approximate surface area is 130 Å². The van der Waals surface area contributed by atoms with Crippen molar-refractivity contribution in [1.82, 2.24) is 4.31 Å². The van der Waals surface area contributed by atoms with E-state index in [2.05, 4.69) is 0 Å². The van der Waals surface area contributed by atoms with Crippen LogP contribution in [-0.2, 0) is 10.0 Å². The third kappa shape index (κ3) is 4.60. The lowest BCUT2D eigenvalue weighted by molar-refractivity contribution is 0.133. The van der Waals surface area contributed by atoms with Crippen LogP contribution >= 0.6 is 11.8 Å². The largest absolute Gasteiger partial charge is 0.399 e. The lowest BCUT2D eigenvalue weighted by Gasteiger charge is -2.17. The second kappa shape index (κ2) is 7.00. The molecule has 2 unspecified atom stereocenters.